The maximum absolute atomic E-state index is 13.4. The largest absolute Gasteiger partial charge is 0.304 e. The highest BCUT2D eigenvalue weighted by atomic mass is 35.5. The summed E-state index contributed by atoms with van der Waals surface area (Å²) in [5.41, 5.74) is 0.690. The Morgan fingerprint density at radius 3 is 2.83 bits per heavy atom. The van der Waals surface area contributed by atoms with Crippen LogP contribution in [0, 0.1) is 5.82 Å². The van der Waals surface area contributed by atoms with E-state index in [1.54, 1.807) is 17.5 Å². The van der Waals surface area contributed by atoms with Crippen LogP contribution < -0.4 is 5.32 Å². The van der Waals surface area contributed by atoms with Gasteiger partial charge < -0.3 is 5.32 Å². The molecule has 96 valence electrons. The second-order valence-corrected chi connectivity index (χ2v) is 5.61. The van der Waals surface area contributed by atoms with Crippen molar-refractivity contribution in [3.8, 4) is 0 Å². The summed E-state index contributed by atoms with van der Waals surface area (Å²) < 4.78 is 13.4. The number of nitrogens with zero attached hydrogens (tertiary/aromatic N) is 1. The Kier molecular flexibility index (Phi) is 4.56. The van der Waals surface area contributed by atoms with Crippen molar-refractivity contribution in [3.05, 3.63) is 50.1 Å². The lowest BCUT2D eigenvalue weighted by atomic mass is 10.1. The van der Waals surface area contributed by atoms with Crippen LogP contribution in [0.15, 0.2) is 23.7 Å². The molecule has 0 saturated carbocycles. The van der Waals surface area contributed by atoms with E-state index < -0.39 is 5.82 Å². The molecule has 0 aliphatic rings. The fourth-order valence-electron chi connectivity index (χ4n) is 1.56. The molecule has 1 atom stereocenters. The standard InChI is InChI=1S/C12H11Cl2FN2S/c1-7(17-6-12-16-2-3-18-12)8-4-11(15)10(14)5-9(8)13/h2-5,7,17H,6H2,1H3. The Labute approximate surface area is 119 Å². The van der Waals surface area contributed by atoms with Gasteiger partial charge in [0, 0.05) is 29.2 Å². The fourth-order valence-corrected chi connectivity index (χ4v) is 2.67. The van der Waals surface area contributed by atoms with E-state index in [9.17, 15) is 4.39 Å². The van der Waals surface area contributed by atoms with Crippen molar-refractivity contribution in [2.45, 2.75) is 19.5 Å². The summed E-state index contributed by atoms with van der Waals surface area (Å²) >= 11 is 13.3. The highest BCUT2D eigenvalue weighted by Crippen LogP contribution is 2.28. The number of hydrogen-bond donors (Lipinski definition) is 1. The van der Waals surface area contributed by atoms with Crippen molar-refractivity contribution in [2.75, 3.05) is 0 Å². The molecule has 0 aliphatic carbocycles. The smallest absolute Gasteiger partial charge is 0.142 e. The SMILES string of the molecule is CC(NCc1nccs1)c1cc(F)c(Cl)cc1Cl. The molecular formula is C12H11Cl2FN2S. The lowest BCUT2D eigenvalue weighted by Crippen LogP contribution is -2.18. The Bertz CT molecular complexity index is 531. The summed E-state index contributed by atoms with van der Waals surface area (Å²) in [4.78, 5) is 4.16. The normalized spacial score (nSPS) is 12.7. The van der Waals surface area contributed by atoms with E-state index in [2.05, 4.69) is 10.3 Å². The molecule has 0 spiro atoms. The third-order valence-corrected chi connectivity index (χ3v) is 3.95. The van der Waals surface area contributed by atoms with Crippen LogP contribution in [0.1, 0.15) is 23.5 Å². The van der Waals surface area contributed by atoms with Crippen LogP contribution in [0.2, 0.25) is 10.0 Å². The first-order valence-corrected chi connectivity index (χ1v) is 6.97. The molecule has 18 heavy (non-hydrogen) atoms. The molecule has 0 fully saturated rings. The molecule has 1 aromatic heterocycles. The highest BCUT2D eigenvalue weighted by Gasteiger charge is 2.13. The van der Waals surface area contributed by atoms with E-state index in [-0.39, 0.29) is 11.1 Å². The lowest BCUT2D eigenvalue weighted by Gasteiger charge is -2.15. The van der Waals surface area contributed by atoms with Gasteiger partial charge in [-0.3, -0.25) is 0 Å². The number of thiazole rings is 1. The van der Waals surface area contributed by atoms with Crippen molar-refractivity contribution >= 4 is 34.5 Å². The van der Waals surface area contributed by atoms with Gasteiger partial charge in [-0.05, 0) is 24.6 Å². The summed E-state index contributed by atoms with van der Waals surface area (Å²) in [5, 5.41) is 6.63. The minimum atomic E-state index is -0.459. The zero-order valence-corrected chi connectivity index (χ0v) is 11.9. The number of aromatic nitrogens is 1. The summed E-state index contributed by atoms with van der Waals surface area (Å²) in [7, 11) is 0. The molecule has 1 heterocycles. The Morgan fingerprint density at radius 2 is 2.17 bits per heavy atom. The summed E-state index contributed by atoms with van der Waals surface area (Å²) in [6, 6.07) is 2.72. The van der Waals surface area contributed by atoms with Gasteiger partial charge in [0.05, 0.1) is 5.02 Å². The average molecular weight is 305 g/mol. The van der Waals surface area contributed by atoms with E-state index in [1.807, 2.05) is 12.3 Å². The number of rotatable bonds is 4. The van der Waals surface area contributed by atoms with Crippen LogP contribution in [0.25, 0.3) is 0 Å². The molecule has 2 aromatic rings. The summed E-state index contributed by atoms with van der Waals surface area (Å²) in [6.07, 6.45) is 1.75. The van der Waals surface area contributed by atoms with E-state index >= 15 is 0 Å². The van der Waals surface area contributed by atoms with Crippen LogP contribution >= 0.6 is 34.5 Å². The molecule has 1 unspecified atom stereocenters. The van der Waals surface area contributed by atoms with Crippen LogP contribution in [0.3, 0.4) is 0 Å². The monoisotopic (exact) mass is 304 g/mol. The molecule has 6 heteroatoms. The minimum absolute atomic E-state index is 0.0378. The molecule has 0 radical (unpaired) electrons. The Morgan fingerprint density at radius 1 is 1.39 bits per heavy atom. The molecule has 0 bridgehead atoms. The zero-order chi connectivity index (χ0) is 13.1. The van der Waals surface area contributed by atoms with Gasteiger partial charge >= 0.3 is 0 Å². The maximum atomic E-state index is 13.4. The van der Waals surface area contributed by atoms with Gasteiger partial charge in [-0.25, -0.2) is 9.37 Å². The molecule has 2 nitrogen and oxygen atoms in total. The number of halogens is 3. The number of benzene rings is 1. The molecule has 0 saturated heterocycles. The van der Waals surface area contributed by atoms with Gasteiger partial charge in [-0.2, -0.15) is 0 Å². The van der Waals surface area contributed by atoms with E-state index in [1.165, 1.54) is 12.1 Å². The third-order valence-electron chi connectivity index (χ3n) is 2.55. The second kappa shape index (κ2) is 5.97. The van der Waals surface area contributed by atoms with Gasteiger partial charge in [0.2, 0.25) is 0 Å². The van der Waals surface area contributed by atoms with Crippen molar-refractivity contribution in [3.63, 3.8) is 0 Å². The molecular weight excluding hydrogens is 294 g/mol. The van der Waals surface area contributed by atoms with Gasteiger partial charge in [0.15, 0.2) is 0 Å². The second-order valence-electron chi connectivity index (χ2n) is 3.82. The van der Waals surface area contributed by atoms with E-state index in [0.29, 0.717) is 17.1 Å². The lowest BCUT2D eigenvalue weighted by molar-refractivity contribution is 0.564. The molecule has 1 aromatic carbocycles. The van der Waals surface area contributed by atoms with Crippen molar-refractivity contribution in [1.82, 2.24) is 10.3 Å². The molecule has 2 rings (SSSR count). The average Bonchev–Trinajstić information content (AvgIpc) is 2.84. The molecule has 1 N–H and O–H groups in total. The topological polar surface area (TPSA) is 24.9 Å². The van der Waals surface area contributed by atoms with Gasteiger partial charge in [-0.1, -0.05) is 23.2 Å². The van der Waals surface area contributed by atoms with Crippen LogP contribution in [0.5, 0.6) is 0 Å². The quantitative estimate of drug-likeness (QED) is 0.845. The summed E-state index contributed by atoms with van der Waals surface area (Å²) in [6.45, 7) is 2.54. The minimum Gasteiger partial charge on any atom is -0.304 e. The number of nitrogens with one attached hydrogen (secondary N) is 1. The van der Waals surface area contributed by atoms with Gasteiger partial charge in [-0.15, -0.1) is 11.3 Å². The van der Waals surface area contributed by atoms with Crippen molar-refractivity contribution in [1.29, 1.82) is 0 Å². The number of hydrogen-bond acceptors (Lipinski definition) is 3. The predicted octanol–water partition coefficient (Wildman–Crippen LogP) is 4.44. The predicted molar refractivity (Wildman–Crippen MR) is 73.8 cm³/mol. The highest BCUT2D eigenvalue weighted by molar-refractivity contribution is 7.09. The zero-order valence-electron chi connectivity index (χ0n) is 9.58. The third kappa shape index (κ3) is 3.20. The summed E-state index contributed by atoms with van der Waals surface area (Å²) in [5.74, 6) is -0.459. The van der Waals surface area contributed by atoms with E-state index in [0.717, 1.165) is 5.01 Å². The van der Waals surface area contributed by atoms with Crippen molar-refractivity contribution < 1.29 is 4.39 Å². The van der Waals surface area contributed by atoms with Crippen LogP contribution in [0.4, 0.5) is 4.39 Å². The van der Waals surface area contributed by atoms with Gasteiger partial charge in [0.25, 0.3) is 0 Å². The Balaban J connectivity index is 2.09. The van der Waals surface area contributed by atoms with Gasteiger partial charge in [0.1, 0.15) is 10.8 Å². The molecule has 0 aliphatic heterocycles. The van der Waals surface area contributed by atoms with E-state index in [4.69, 9.17) is 23.2 Å². The van der Waals surface area contributed by atoms with Crippen LogP contribution in [-0.4, -0.2) is 4.98 Å². The molecule has 0 amide bonds. The maximum Gasteiger partial charge on any atom is 0.142 e. The fraction of sp³-hybridized carbons (Fsp3) is 0.250. The first-order valence-electron chi connectivity index (χ1n) is 5.34. The first kappa shape index (κ1) is 13.7. The Hall–Kier alpha value is -0.680. The van der Waals surface area contributed by atoms with Crippen molar-refractivity contribution in [2.24, 2.45) is 0 Å². The first-order chi connectivity index (χ1) is 8.58. The van der Waals surface area contributed by atoms with Crippen LogP contribution in [-0.2, 0) is 6.54 Å².